The predicted molar refractivity (Wildman–Crippen MR) is 118 cm³/mol. The van der Waals surface area contributed by atoms with Gasteiger partial charge in [0.1, 0.15) is 11.3 Å². The number of allylic oxidation sites excluding steroid dienone is 1. The molecule has 0 saturated heterocycles. The molecule has 4 nitrogen and oxygen atoms in total. The molecule has 0 aliphatic rings. The summed E-state index contributed by atoms with van der Waals surface area (Å²) in [6.45, 7) is 4.37. The van der Waals surface area contributed by atoms with Crippen molar-refractivity contribution in [1.82, 2.24) is 4.57 Å². The van der Waals surface area contributed by atoms with E-state index >= 15 is 0 Å². The van der Waals surface area contributed by atoms with Gasteiger partial charge in [0, 0.05) is 12.1 Å². The number of hydrogen-bond acceptors (Lipinski definition) is 3. The first-order valence-corrected chi connectivity index (χ1v) is 10.0. The molecular formula is C24H20N2O2S. The highest BCUT2D eigenvalue weighted by Crippen LogP contribution is 2.27. The molecule has 0 fully saturated rings. The highest BCUT2D eigenvalue weighted by Gasteiger charge is 2.12. The van der Waals surface area contributed by atoms with Crippen molar-refractivity contribution in [3.05, 3.63) is 95.8 Å². The van der Waals surface area contributed by atoms with Crippen molar-refractivity contribution < 1.29 is 9.53 Å². The van der Waals surface area contributed by atoms with Crippen LogP contribution in [0.3, 0.4) is 0 Å². The van der Waals surface area contributed by atoms with E-state index in [1.165, 1.54) is 11.3 Å². The van der Waals surface area contributed by atoms with E-state index in [9.17, 15) is 4.79 Å². The zero-order valence-electron chi connectivity index (χ0n) is 16.0. The molecule has 4 rings (SSSR count). The van der Waals surface area contributed by atoms with E-state index in [0.717, 1.165) is 27.1 Å². The maximum atomic E-state index is 12.8. The van der Waals surface area contributed by atoms with Crippen molar-refractivity contribution >= 4 is 27.5 Å². The maximum absolute atomic E-state index is 12.8. The van der Waals surface area contributed by atoms with Crippen LogP contribution in [0.15, 0.2) is 90.4 Å². The normalized spacial score (nSPS) is 11.6. The smallest absolute Gasteiger partial charge is 0.279 e. The second-order valence-corrected chi connectivity index (χ2v) is 7.46. The molecule has 0 bridgehead atoms. The van der Waals surface area contributed by atoms with Crippen LogP contribution in [0.2, 0.25) is 0 Å². The third kappa shape index (κ3) is 3.77. The average molecular weight is 401 g/mol. The Labute approximate surface area is 173 Å². The number of aromatic nitrogens is 1. The minimum absolute atomic E-state index is 0.270. The Bertz CT molecular complexity index is 1240. The number of nitrogens with zero attached hydrogens (tertiary/aromatic N) is 2. The Morgan fingerprint density at radius 2 is 1.76 bits per heavy atom. The molecule has 0 atom stereocenters. The minimum Gasteiger partial charge on any atom is -0.495 e. The Hall–Kier alpha value is -3.44. The van der Waals surface area contributed by atoms with Gasteiger partial charge in [0.2, 0.25) is 0 Å². The topological polar surface area (TPSA) is 43.6 Å². The van der Waals surface area contributed by atoms with E-state index < -0.39 is 0 Å². The molecule has 0 N–H and O–H groups in total. The molecule has 5 heteroatoms. The summed E-state index contributed by atoms with van der Waals surface area (Å²) in [4.78, 5) is 17.8. The van der Waals surface area contributed by atoms with Crippen LogP contribution in [-0.2, 0) is 6.54 Å². The summed E-state index contributed by atoms with van der Waals surface area (Å²) in [5.74, 6) is 0.481. The predicted octanol–water partition coefficient (Wildman–Crippen LogP) is 5.31. The number of carbonyl (C=O) groups excluding carboxylic acids is 1. The lowest BCUT2D eigenvalue weighted by atomic mass is 10.0. The van der Waals surface area contributed by atoms with Crippen molar-refractivity contribution in [2.45, 2.75) is 6.54 Å². The molecule has 1 aromatic heterocycles. The summed E-state index contributed by atoms with van der Waals surface area (Å²) in [5, 5.41) is 0. The number of carbonyl (C=O) groups is 1. The summed E-state index contributed by atoms with van der Waals surface area (Å²) >= 11 is 1.46. The van der Waals surface area contributed by atoms with Gasteiger partial charge in [0.25, 0.3) is 5.91 Å². The van der Waals surface area contributed by atoms with E-state index in [0.29, 0.717) is 16.9 Å². The Morgan fingerprint density at radius 3 is 2.45 bits per heavy atom. The summed E-state index contributed by atoms with van der Waals surface area (Å²) < 4.78 is 8.47. The van der Waals surface area contributed by atoms with Crippen LogP contribution in [0.5, 0.6) is 5.75 Å². The average Bonchev–Trinajstić information content (AvgIpc) is 3.12. The molecule has 3 aromatic carbocycles. The molecular weight excluding hydrogens is 380 g/mol. The lowest BCUT2D eigenvalue weighted by Crippen LogP contribution is -2.16. The second kappa shape index (κ2) is 8.29. The first kappa shape index (κ1) is 18.9. The SMILES string of the molecule is C=CCn1c(=NC(=O)c2ccc(-c3ccccc3)cc2)sc2cccc(OC)c21. The second-order valence-electron chi connectivity index (χ2n) is 6.45. The summed E-state index contributed by atoms with van der Waals surface area (Å²) in [5.41, 5.74) is 3.66. The van der Waals surface area contributed by atoms with E-state index in [1.54, 1.807) is 13.2 Å². The van der Waals surface area contributed by atoms with Gasteiger partial charge < -0.3 is 9.30 Å². The molecule has 144 valence electrons. The molecule has 1 heterocycles. The van der Waals surface area contributed by atoms with Crippen molar-refractivity contribution in [2.75, 3.05) is 7.11 Å². The van der Waals surface area contributed by atoms with Gasteiger partial charge in [-0.15, -0.1) is 6.58 Å². The van der Waals surface area contributed by atoms with Crippen LogP contribution < -0.4 is 9.54 Å². The van der Waals surface area contributed by atoms with Crippen LogP contribution >= 0.6 is 11.3 Å². The molecule has 4 aromatic rings. The zero-order valence-corrected chi connectivity index (χ0v) is 16.9. The molecule has 0 spiro atoms. The Kier molecular flexibility index (Phi) is 5.40. The van der Waals surface area contributed by atoms with E-state index in [1.807, 2.05) is 77.4 Å². The minimum atomic E-state index is -0.270. The highest BCUT2D eigenvalue weighted by molar-refractivity contribution is 7.16. The first-order chi connectivity index (χ1) is 14.2. The van der Waals surface area contributed by atoms with Crippen molar-refractivity contribution in [3.63, 3.8) is 0 Å². The fourth-order valence-electron chi connectivity index (χ4n) is 3.23. The van der Waals surface area contributed by atoms with Crippen LogP contribution in [0.4, 0.5) is 0 Å². The third-order valence-electron chi connectivity index (χ3n) is 4.63. The molecule has 29 heavy (non-hydrogen) atoms. The molecule has 1 amide bonds. The quantitative estimate of drug-likeness (QED) is 0.426. The van der Waals surface area contributed by atoms with Gasteiger partial charge >= 0.3 is 0 Å². The number of benzene rings is 3. The first-order valence-electron chi connectivity index (χ1n) is 9.23. The van der Waals surface area contributed by atoms with Gasteiger partial charge in [0.15, 0.2) is 4.80 Å². The lowest BCUT2D eigenvalue weighted by Gasteiger charge is -2.06. The number of hydrogen-bond donors (Lipinski definition) is 0. The van der Waals surface area contributed by atoms with Crippen LogP contribution in [0.1, 0.15) is 10.4 Å². The largest absolute Gasteiger partial charge is 0.495 e. The van der Waals surface area contributed by atoms with E-state index in [4.69, 9.17) is 4.74 Å². The van der Waals surface area contributed by atoms with E-state index in [2.05, 4.69) is 11.6 Å². The van der Waals surface area contributed by atoms with Gasteiger partial charge in [0.05, 0.1) is 11.8 Å². The van der Waals surface area contributed by atoms with Gasteiger partial charge in [-0.25, -0.2) is 0 Å². The van der Waals surface area contributed by atoms with Crippen molar-refractivity contribution in [2.24, 2.45) is 4.99 Å². The zero-order chi connectivity index (χ0) is 20.2. The van der Waals surface area contributed by atoms with Crippen molar-refractivity contribution in [1.29, 1.82) is 0 Å². The summed E-state index contributed by atoms with van der Waals surface area (Å²) in [7, 11) is 1.64. The number of amides is 1. The van der Waals surface area contributed by atoms with Crippen molar-refractivity contribution in [3.8, 4) is 16.9 Å². The summed E-state index contributed by atoms with van der Waals surface area (Å²) in [6.07, 6.45) is 1.79. The van der Waals surface area contributed by atoms with Gasteiger partial charge in [-0.2, -0.15) is 4.99 Å². The van der Waals surface area contributed by atoms with E-state index in [-0.39, 0.29) is 5.91 Å². The van der Waals surface area contributed by atoms with Gasteiger partial charge in [-0.3, -0.25) is 4.79 Å². The number of thiazole rings is 1. The molecule has 0 unspecified atom stereocenters. The van der Waals surface area contributed by atoms with Crippen LogP contribution in [0.25, 0.3) is 21.3 Å². The number of para-hydroxylation sites is 1. The van der Waals surface area contributed by atoms with Gasteiger partial charge in [-0.1, -0.05) is 65.9 Å². The Balaban J connectivity index is 1.74. The lowest BCUT2D eigenvalue weighted by molar-refractivity contribution is 0.0998. The molecule has 0 aliphatic heterocycles. The van der Waals surface area contributed by atoms with Gasteiger partial charge in [-0.05, 0) is 35.4 Å². The monoisotopic (exact) mass is 400 g/mol. The van der Waals surface area contributed by atoms with Crippen LogP contribution in [0, 0.1) is 0 Å². The summed E-state index contributed by atoms with van der Waals surface area (Å²) in [6, 6.07) is 23.4. The molecule has 0 saturated carbocycles. The standard InChI is InChI=1S/C24H20N2O2S/c1-3-16-26-22-20(28-2)10-7-11-21(22)29-24(26)25-23(27)19-14-12-18(13-15-19)17-8-5-4-6-9-17/h3-15H,1,16H2,2H3. The number of methoxy groups -OCH3 is 1. The number of rotatable bonds is 5. The highest BCUT2D eigenvalue weighted by atomic mass is 32.1. The third-order valence-corrected chi connectivity index (χ3v) is 5.68. The van der Waals surface area contributed by atoms with Crippen LogP contribution in [-0.4, -0.2) is 17.6 Å². The molecule has 0 aliphatic carbocycles. The number of ether oxygens (including phenoxy) is 1. The molecule has 0 radical (unpaired) electrons. The maximum Gasteiger partial charge on any atom is 0.279 e. The number of fused-ring (bicyclic) bond motifs is 1. The fraction of sp³-hybridized carbons (Fsp3) is 0.0833. The fourth-order valence-corrected chi connectivity index (χ4v) is 4.29. The Morgan fingerprint density at radius 1 is 1.03 bits per heavy atom.